The first kappa shape index (κ1) is 18.8. The molecular weight excluding hydrogens is 348 g/mol. The van der Waals surface area contributed by atoms with Gasteiger partial charge in [-0.1, -0.05) is 0 Å². The summed E-state index contributed by atoms with van der Waals surface area (Å²) in [6.07, 6.45) is 3.06. The molecule has 0 aliphatic rings. The van der Waals surface area contributed by atoms with Crippen molar-refractivity contribution in [2.75, 3.05) is 20.8 Å². The Morgan fingerprint density at radius 1 is 1.16 bits per heavy atom. The lowest BCUT2D eigenvalue weighted by Gasteiger charge is -2.11. The number of furan rings is 1. The van der Waals surface area contributed by atoms with E-state index in [0.717, 1.165) is 5.56 Å². The monoisotopic (exact) mass is 368 g/mol. The molecule has 0 unspecified atom stereocenters. The molecule has 0 saturated heterocycles. The quantitative estimate of drug-likeness (QED) is 0.690. The van der Waals surface area contributed by atoms with E-state index in [0.29, 0.717) is 18.0 Å². The van der Waals surface area contributed by atoms with Crippen molar-refractivity contribution in [2.24, 2.45) is 0 Å². The summed E-state index contributed by atoms with van der Waals surface area (Å²) in [5.41, 5.74) is 0.833. The number of nitrogens with one attached hydrogen (secondary N) is 2. The zero-order valence-electron chi connectivity index (χ0n) is 13.9. The highest BCUT2D eigenvalue weighted by Crippen LogP contribution is 2.29. The van der Waals surface area contributed by atoms with Crippen molar-refractivity contribution in [3.8, 4) is 11.5 Å². The Morgan fingerprint density at radius 3 is 2.56 bits per heavy atom. The Hall–Kier alpha value is -2.52. The van der Waals surface area contributed by atoms with Gasteiger partial charge in [0.2, 0.25) is 15.9 Å². The SMILES string of the molecule is COc1ccc(S(=O)(=O)NCCC(=O)NCc2ccoc2)cc1OC. The lowest BCUT2D eigenvalue weighted by Crippen LogP contribution is -2.30. The van der Waals surface area contributed by atoms with Gasteiger partial charge in [-0.15, -0.1) is 0 Å². The van der Waals surface area contributed by atoms with Gasteiger partial charge in [0.25, 0.3) is 0 Å². The fraction of sp³-hybridized carbons (Fsp3) is 0.312. The zero-order chi connectivity index (χ0) is 18.3. The molecule has 1 aromatic heterocycles. The number of amides is 1. The van der Waals surface area contributed by atoms with E-state index in [2.05, 4.69) is 10.0 Å². The van der Waals surface area contributed by atoms with Gasteiger partial charge in [0, 0.05) is 31.1 Å². The molecule has 0 aliphatic carbocycles. The van der Waals surface area contributed by atoms with Gasteiger partial charge in [0.15, 0.2) is 11.5 Å². The van der Waals surface area contributed by atoms with E-state index in [4.69, 9.17) is 13.9 Å². The first-order chi connectivity index (χ1) is 12.0. The Balaban J connectivity index is 1.87. The number of ether oxygens (including phenoxy) is 2. The number of carbonyl (C=O) groups is 1. The minimum absolute atomic E-state index is 0.0182. The van der Waals surface area contributed by atoms with Crippen LogP contribution in [-0.2, 0) is 21.4 Å². The van der Waals surface area contributed by atoms with Gasteiger partial charge in [0.1, 0.15) is 0 Å². The minimum atomic E-state index is -3.75. The summed E-state index contributed by atoms with van der Waals surface area (Å²) in [6, 6.07) is 6.01. The molecule has 0 fully saturated rings. The first-order valence-electron chi connectivity index (χ1n) is 7.45. The second-order valence-corrected chi connectivity index (χ2v) is 6.84. The van der Waals surface area contributed by atoms with Crippen LogP contribution in [0.25, 0.3) is 0 Å². The number of benzene rings is 1. The van der Waals surface area contributed by atoms with Crippen LogP contribution in [0.15, 0.2) is 46.1 Å². The molecule has 0 radical (unpaired) electrons. The van der Waals surface area contributed by atoms with Crippen molar-refractivity contribution in [2.45, 2.75) is 17.9 Å². The van der Waals surface area contributed by atoms with Crippen LogP contribution in [0.3, 0.4) is 0 Å². The van der Waals surface area contributed by atoms with Crippen LogP contribution < -0.4 is 19.5 Å². The van der Waals surface area contributed by atoms with Crippen LogP contribution in [0.5, 0.6) is 11.5 Å². The Bertz CT molecular complexity index is 802. The highest BCUT2D eigenvalue weighted by molar-refractivity contribution is 7.89. The number of sulfonamides is 1. The van der Waals surface area contributed by atoms with Crippen molar-refractivity contribution < 1.29 is 27.1 Å². The standard InChI is InChI=1S/C16H20N2O6S/c1-22-14-4-3-13(9-15(14)23-2)25(20,21)18-7-5-16(19)17-10-12-6-8-24-11-12/h3-4,6,8-9,11,18H,5,7,10H2,1-2H3,(H,17,19). The molecule has 2 N–H and O–H groups in total. The molecule has 0 atom stereocenters. The van der Waals surface area contributed by atoms with Crippen molar-refractivity contribution >= 4 is 15.9 Å². The molecule has 0 saturated carbocycles. The molecule has 2 rings (SSSR count). The smallest absolute Gasteiger partial charge is 0.240 e. The molecule has 1 aromatic carbocycles. The first-order valence-corrected chi connectivity index (χ1v) is 8.94. The molecule has 0 bridgehead atoms. The average Bonchev–Trinajstić information content (AvgIpc) is 3.12. The number of hydrogen-bond acceptors (Lipinski definition) is 6. The normalized spacial score (nSPS) is 11.1. The second-order valence-electron chi connectivity index (χ2n) is 5.07. The molecule has 8 nitrogen and oxygen atoms in total. The molecule has 0 aliphatic heterocycles. The predicted molar refractivity (Wildman–Crippen MR) is 89.9 cm³/mol. The van der Waals surface area contributed by atoms with Crippen LogP contribution in [-0.4, -0.2) is 35.1 Å². The van der Waals surface area contributed by atoms with E-state index in [1.807, 2.05) is 0 Å². The number of carbonyl (C=O) groups excluding carboxylic acids is 1. The predicted octanol–water partition coefficient (Wildman–Crippen LogP) is 1.28. The number of rotatable bonds is 9. The van der Waals surface area contributed by atoms with Gasteiger partial charge in [0.05, 0.1) is 31.6 Å². The topological polar surface area (TPSA) is 107 Å². The summed E-state index contributed by atoms with van der Waals surface area (Å²) in [5, 5.41) is 2.67. The fourth-order valence-corrected chi connectivity index (χ4v) is 3.10. The van der Waals surface area contributed by atoms with Crippen molar-refractivity contribution in [1.82, 2.24) is 10.0 Å². The third kappa shape index (κ3) is 5.23. The van der Waals surface area contributed by atoms with Crippen molar-refractivity contribution in [3.63, 3.8) is 0 Å². The van der Waals surface area contributed by atoms with Crippen molar-refractivity contribution in [1.29, 1.82) is 0 Å². The van der Waals surface area contributed by atoms with Crippen molar-refractivity contribution in [3.05, 3.63) is 42.4 Å². The van der Waals surface area contributed by atoms with Gasteiger partial charge >= 0.3 is 0 Å². The molecule has 1 amide bonds. The molecule has 9 heteroatoms. The molecule has 1 heterocycles. The lowest BCUT2D eigenvalue weighted by molar-refractivity contribution is -0.121. The van der Waals surface area contributed by atoms with Crippen LogP contribution in [0, 0.1) is 0 Å². The van der Waals surface area contributed by atoms with E-state index < -0.39 is 10.0 Å². The molecule has 25 heavy (non-hydrogen) atoms. The van der Waals surface area contributed by atoms with Gasteiger partial charge in [-0.2, -0.15) is 0 Å². The second kappa shape index (κ2) is 8.54. The maximum atomic E-state index is 12.3. The van der Waals surface area contributed by atoms with Crippen LogP contribution in [0.4, 0.5) is 0 Å². The minimum Gasteiger partial charge on any atom is -0.493 e. The number of methoxy groups -OCH3 is 2. The van der Waals surface area contributed by atoms with E-state index in [-0.39, 0.29) is 23.8 Å². The summed E-state index contributed by atoms with van der Waals surface area (Å²) < 4.78 is 42.0. The van der Waals surface area contributed by atoms with E-state index in [1.165, 1.54) is 44.9 Å². The molecule has 136 valence electrons. The highest BCUT2D eigenvalue weighted by atomic mass is 32.2. The third-order valence-electron chi connectivity index (χ3n) is 3.38. The fourth-order valence-electron chi connectivity index (χ4n) is 2.05. The van der Waals surface area contributed by atoms with E-state index in [1.54, 1.807) is 6.07 Å². The highest BCUT2D eigenvalue weighted by Gasteiger charge is 2.17. The summed E-state index contributed by atoms with van der Waals surface area (Å²) >= 11 is 0. The zero-order valence-corrected chi connectivity index (χ0v) is 14.8. The van der Waals surface area contributed by atoms with Crippen LogP contribution in [0.2, 0.25) is 0 Å². The Morgan fingerprint density at radius 2 is 1.92 bits per heavy atom. The third-order valence-corrected chi connectivity index (χ3v) is 4.84. The van der Waals surface area contributed by atoms with Gasteiger partial charge in [-0.05, 0) is 18.2 Å². The van der Waals surface area contributed by atoms with E-state index >= 15 is 0 Å². The van der Waals surface area contributed by atoms with Gasteiger partial charge < -0.3 is 19.2 Å². The number of hydrogen-bond donors (Lipinski definition) is 2. The van der Waals surface area contributed by atoms with Gasteiger partial charge in [-0.3, -0.25) is 4.79 Å². The summed E-state index contributed by atoms with van der Waals surface area (Å²) in [4.78, 5) is 11.8. The van der Waals surface area contributed by atoms with Crippen LogP contribution >= 0.6 is 0 Å². The summed E-state index contributed by atoms with van der Waals surface area (Å²) in [6.45, 7) is 0.311. The summed E-state index contributed by atoms with van der Waals surface area (Å²) in [5.74, 6) is 0.472. The van der Waals surface area contributed by atoms with Crippen LogP contribution in [0.1, 0.15) is 12.0 Å². The van der Waals surface area contributed by atoms with E-state index in [9.17, 15) is 13.2 Å². The molecular formula is C16H20N2O6S. The Labute approximate surface area is 146 Å². The maximum Gasteiger partial charge on any atom is 0.240 e. The largest absolute Gasteiger partial charge is 0.493 e. The summed E-state index contributed by atoms with van der Waals surface area (Å²) in [7, 11) is -0.865. The Kier molecular flexibility index (Phi) is 6.43. The van der Waals surface area contributed by atoms with Gasteiger partial charge in [-0.25, -0.2) is 13.1 Å². The average molecular weight is 368 g/mol. The molecule has 0 spiro atoms. The lowest BCUT2D eigenvalue weighted by atomic mass is 10.3. The molecule has 2 aromatic rings. The maximum absolute atomic E-state index is 12.3.